The lowest BCUT2D eigenvalue weighted by atomic mass is 10.1. The van der Waals surface area contributed by atoms with Crippen LogP contribution in [0.15, 0.2) is 30.0 Å². The molecule has 0 spiro atoms. The van der Waals surface area contributed by atoms with Crippen LogP contribution in [-0.4, -0.2) is 16.1 Å². The Labute approximate surface area is 100 Å². The molecule has 1 unspecified atom stereocenters. The maximum Gasteiger partial charge on any atom is 0.0946 e. The van der Waals surface area contributed by atoms with Gasteiger partial charge in [-0.1, -0.05) is 13.0 Å². The zero-order valence-electron chi connectivity index (χ0n) is 9.68. The molecule has 86 valence electrons. The second-order valence-electron chi connectivity index (χ2n) is 3.83. The number of hydrogen-bond acceptors (Lipinski definition) is 3. The second kappa shape index (κ2) is 5.27. The summed E-state index contributed by atoms with van der Waals surface area (Å²) in [5.74, 6) is 0. The van der Waals surface area contributed by atoms with Crippen LogP contribution in [0, 0.1) is 0 Å². The van der Waals surface area contributed by atoms with Crippen molar-refractivity contribution in [3.63, 3.8) is 0 Å². The van der Waals surface area contributed by atoms with E-state index in [-0.39, 0.29) is 6.04 Å². The topological polar surface area (TPSA) is 29.9 Å². The molecule has 2 heterocycles. The number of nitrogens with one attached hydrogen (secondary N) is 1. The first-order valence-electron chi connectivity index (χ1n) is 5.56. The van der Waals surface area contributed by atoms with Crippen LogP contribution in [0.25, 0.3) is 0 Å². The van der Waals surface area contributed by atoms with Gasteiger partial charge in [0.25, 0.3) is 0 Å². The molecular formula is C12H17N3S. The average Bonchev–Trinajstić information content (AvgIpc) is 2.91. The van der Waals surface area contributed by atoms with Crippen LogP contribution in [0.1, 0.15) is 30.0 Å². The third kappa shape index (κ3) is 2.33. The van der Waals surface area contributed by atoms with Gasteiger partial charge >= 0.3 is 0 Å². The largest absolute Gasteiger partial charge is 0.336 e. The van der Waals surface area contributed by atoms with E-state index in [1.807, 2.05) is 19.6 Å². The van der Waals surface area contributed by atoms with Gasteiger partial charge in [0.05, 0.1) is 24.3 Å². The van der Waals surface area contributed by atoms with Crippen LogP contribution in [0.5, 0.6) is 0 Å². The minimum atomic E-state index is 0.271. The standard InChI is InChI=1S/C12H17N3S/c1-3-6-14-12(11-5-4-7-16-11)10-8-13-9-15(10)2/h4-5,7-9,12,14H,3,6H2,1-2H3. The van der Waals surface area contributed by atoms with Gasteiger partial charge in [-0.3, -0.25) is 0 Å². The highest BCUT2D eigenvalue weighted by molar-refractivity contribution is 7.10. The first-order chi connectivity index (χ1) is 7.83. The molecule has 0 bridgehead atoms. The minimum Gasteiger partial charge on any atom is -0.336 e. The number of imidazole rings is 1. The van der Waals surface area contributed by atoms with Crippen LogP contribution in [0.4, 0.5) is 0 Å². The van der Waals surface area contributed by atoms with Crippen molar-refractivity contribution in [3.8, 4) is 0 Å². The van der Waals surface area contributed by atoms with Gasteiger partial charge in [0.1, 0.15) is 0 Å². The molecular weight excluding hydrogens is 218 g/mol. The first-order valence-corrected chi connectivity index (χ1v) is 6.44. The van der Waals surface area contributed by atoms with Gasteiger partial charge in [0, 0.05) is 11.9 Å². The summed E-state index contributed by atoms with van der Waals surface area (Å²) in [5, 5.41) is 5.68. The van der Waals surface area contributed by atoms with Gasteiger partial charge < -0.3 is 9.88 Å². The van der Waals surface area contributed by atoms with E-state index >= 15 is 0 Å². The van der Waals surface area contributed by atoms with E-state index in [9.17, 15) is 0 Å². The fraction of sp³-hybridized carbons (Fsp3) is 0.417. The molecule has 0 fully saturated rings. The molecule has 4 heteroatoms. The summed E-state index contributed by atoms with van der Waals surface area (Å²) in [6.45, 7) is 3.20. The fourth-order valence-electron chi connectivity index (χ4n) is 1.74. The maximum atomic E-state index is 4.19. The van der Waals surface area contributed by atoms with Gasteiger partial charge in [-0.15, -0.1) is 11.3 Å². The van der Waals surface area contributed by atoms with Crippen molar-refractivity contribution in [1.29, 1.82) is 0 Å². The summed E-state index contributed by atoms with van der Waals surface area (Å²) in [5.41, 5.74) is 1.22. The molecule has 0 aromatic carbocycles. The second-order valence-corrected chi connectivity index (χ2v) is 4.81. The van der Waals surface area contributed by atoms with Crippen molar-refractivity contribution in [2.75, 3.05) is 6.54 Å². The lowest BCUT2D eigenvalue weighted by Crippen LogP contribution is -2.24. The van der Waals surface area contributed by atoms with Gasteiger partial charge in [0.2, 0.25) is 0 Å². The molecule has 3 nitrogen and oxygen atoms in total. The highest BCUT2D eigenvalue weighted by Gasteiger charge is 2.16. The highest BCUT2D eigenvalue weighted by atomic mass is 32.1. The molecule has 0 aliphatic rings. The third-order valence-electron chi connectivity index (χ3n) is 2.58. The maximum absolute atomic E-state index is 4.19. The van der Waals surface area contributed by atoms with E-state index in [1.165, 1.54) is 10.6 Å². The van der Waals surface area contributed by atoms with Crippen molar-refractivity contribution in [1.82, 2.24) is 14.9 Å². The fourth-order valence-corrected chi connectivity index (χ4v) is 2.55. The molecule has 0 saturated heterocycles. The zero-order valence-corrected chi connectivity index (χ0v) is 10.5. The molecule has 2 rings (SSSR count). The number of aryl methyl sites for hydroxylation is 1. The predicted octanol–water partition coefficient (Wildman–Crippen LogP) is 2.57. The molecule has 2 aromatic rings. The molecule has 0 saturated carbocycles. The number of rotatable bonds is 5. The van der Waals surface area contributed by atoms with Gasteiger partial charge in [-0.2, -0.15) is 0 Å². The zero-order chi connectivity index (χ0) is 11.4. The molecule has 0 amide bonds. The molecule has 0 radical (unpaired) electrons. The molecule has 1 atom stereocenters. The third-order valence-corrected chi connectivity index (χ3v) is 3.51. The lowest BCUT2D eigenvalue weighted by Gasteiger charge is -2.17. The Kier molecular flexibility index (Phi) is 3.74. The van der Waals surface area contributed by atoms with Crippen molar-refractivity contribution >= 4 is 11.3 Å². The van der Waals surface area contributed by atoms with Crippen LogP contribution in [-0.2, 0) is 7.05 Å². The Balaban J connectivity index is 2.25. The first kappa shape index (κ1) is 11.4. The van der Waals surface area contributed by atoms with E-state index in [1.54, 1.807) is 11.3 Å². The quantitative estimate of drug-likeness (QED) is 0.863. The lowest BCUT2D eigenvalue weighted by molar-refractivity contribution is 0.576. The van der Waals surface area contributed by atoms with Crippen molar-refractivity contribution in [3.05, 3.63) is 40.6 Å². The van der Waals surface area contributed by atoms with Crippen LogP contribution in [0.3, 0.4) is 0 Å². The molecule has 0 aliphatic carbocycles. The highest BCUT2D eigenvalue weighted by Crippen LogP contribution is 2.25. The Morgan fingerprint density at radius 1 is 1.56 bits per heavy atom. The van der Waals surface area contributed by atoms with Gasteiger partial charge in [-0.05, 0) is 24.4 Å². The van der Waals surface area contributed by atoms with E-state index in [0.29, 0.717) is 0 Å². The van der Waals surface area contributed by atoms with Crippen molar-refractivity contribution in [2.45, 2.75) is 19.4 Å². The Morgan fingerprint density at radius 2 is 2.44 bits per heavy atom. The Morgan fingerprint density at radius 3 is 3.00 bits per heavy atom. The van der Waals surface area contributed by atoms with Crippen LogP contribution >= 0.6 is 11.3 Å². The summed E-state index contributed by atoms with van der Waals surface area (Å²) in [4.78, 5) is 5.53. The van der Waals surface area contributed by atoms with E-state index in [4.69, 9.17) is 0 Å². The molecule has 2 aromatic heterocycles. The van der Waals surface area contributed by atoms with E-state index in [2.05, 4.69) is 39.3 Å². The molecule has 0 aliphatic heterocycles. The summed E-state index contributed by atoms with van der Waals surface area (Å²) in [6.07, 6.45) is 4.93. The van der Waals surface area contributed by atoms with Gasteiger partial charge in [0.15, 0.2) is 0 Å². The number of thiophene rings is 1. The summed E-state index contributed by atoms with van der Waals surface area (Å²) in [6, 6.07) is 4.54. The summed E-state index contributed by atoms with van der Waals surface area (Å²) >= 11 is 1.78. The van der Waals surface area contributed by atoms with E-state index in [0.717, 1.165) is 13.0 Å². The average molecular weight is 235 g/mol. The number of hydrogen-bond donors (Lipinski definition) is 1. The summed E-state index contributed by atoms with van der Waals surface area (Å²) < 4.78 is 2.08. The molecule has 1 N–H and O–H groups in total. The smallest absolute Gasteiger partial charge is 0.0946 e. The van der Waals surface area contributed by atoms with E-state index < -0.39 is 0 Å². The van der Waals surface area contributed by atoms with Crippen molar-refractivity contribution < 1.29 is 0 Å². The number of aromatic nitrogens is 2. The number of nitrogens with zero attached hydrogens (tertiary/aromatic N) is 2. The molecule has 16 heavy (non-hydrogen) atoms. The van der Waals surface area contributed by atoms with Crippen molar-refractivity contribution in [2.24, 2.45) is 7.05 Å². The SMILES string of the molecule is CCCNC(c1cccs1)c1cncn1C. The monoisotopic (exact) mass is 235 g/mol. The normalized spacial score (nSPS) is 12.9. The Bertz CT molecular complexity index is 419. The summed E-state index contributed by atoms with van der Waals surface area (Å²) in [7, 11) is 2.04. The van der Waals surface area contributed by atoms with Crippen LogP contribution < -0.4 is 5.32 Å². The Hall–Kier alpha value is -1.13. The predicted molar refractivity (Wildman–Crippen MR) is 67.7 cm³/mol. The minimum absolute atomic E-state index is 0.271. The van der Waals surface area contributed by atoms with Crippen LogP contribution in [0.2, 0.25) is 0 Å². The van der Waals surface area contributed by atoms with Gasteiger partial charge in [-0.25, -0.2) is 4.98 Å².